The van der Waals surface area contributed by atoms with Gasteiger partial charge in [0.15, 0.2) is 0 Å². The Bertz CT molecular complexity index is 522. The molecule has 102 valence electrons. The van der Waals surface area contributed by atoms with Crippen molar-refractivity contribution >= 4 is 0 Å². The van der Waals surface area contributed by atoms with Gasteiger partial charge in [0, 0.05) is 31.0 Å². The summed E-state index contributed by atoms with van der Waals surface area (Å²) in [7, 11) is 2.00. The molecule has 0 aliphatic rings. The van der Waals surface area contributed by atoms with Crippen LogP contribution in [0, 0.1) is 0 Å². The first kappa shape index (κ1) is 13.6. The molecule has 0 saturated carbocycles. The molecule has 0 aliphatic carbocycles. The molecule has 1 atom stereocenters. The van der Waals surface area contributed by atoms with Crippen LogP contribution in [-0.2, 0) is 13.6 Å². The minimum Gasteiger partial charge on any atom is -0.494 e. The van der Waals surface area contributed by atoms with Crippen molar-refractivity contribution in [3.8, 4) is 5.75 Å². The largest absolute Gasteiger partial charge is 0.494 e. The van der Waals surface area contributed by atoms with Gasteiger partial charge < -0.3 is 14.6 Å². The van der Waals surface area contributed by atoms with E-state index in [0.29, 0.717) is 6.61 Å². The van der Waals surface area contributed by atoms with E-state index in [4.69, 9.17) is 4.74 Å². The Labute approximate surface area is 114 Å². The molecule has 19 heavy (non-hydrogen) atoms. The van der Waals surface area contributed by atoms with Crippen molar-refractivity contribution in [2.75, 3.05) is 6.61 Å². The lowest BCUT2D eigenvalue weighted by Crippen LogP contribution is -2.20. The molecule has 0 aliphatic heterocycles. The summed E-state index contributed by atoms with van der Waals surface area (Å²) in [6.45, 7) is 5.57. The first-order valence-corrected chi connectivity index (χ1v) is 6.63. The summed E-state index contributed by atoms with van der Waals surface area (Å²) in [4.78, 5) is 4.31. The number of nitrogens with zero attached hydrogens (tertiary/aromatic N) is 2. The summed E-state index contributed by atoms with van der Waals surface area (Å²) in [5.41, 5.74) is 1.18. The van der Waals surface area contributed by atoms with E-state index in [9.17, 15) is 0 Å². The summed E-state index contributed by atoms with van der Waals surface area (Å²) in [6, 6.07) is 8.37. The molecule has 1 N–H and O–H groups in total. The third-order valence-corrected chi connectivity index (χ3v) is 3.17. The number of aromatic nitrogens is 2. The molecule has 0 spiro atoms. The molecule has 4 heteroatoms. The molecule has 4 nitrogen and oxygen atoms in total. The molecule has 1 heterocycles. The van der Waals surface area contributed by atoms with E-state index in [0.717, 1.165) is 18.1 Å². The van der Waals surface area contributed by atoms with Crippen LogP contribution in [0.2, 0.25) is 0 Å². The highest BCUT2D eigenvalue weighted by atomic mass is 16.5. The van der Waals surface area contributed by atoms with Crippen molar-refractivity contribution in [3.05, 3.63) is 48.0 Å². The van der Waals surface area contributed by atoms with E-state index < -0.39 is 0 Å². The highest BCUT2D eigenvalue weighted by Gasteiger charge is 2.11. The summed E-state index contributed by atoms with van der Waals surface area (Å²) in [6.07, 6.45) is 3.77. The van der Waals surface area contributed by atoms with Gasteiger partial charge in [-0.05, 0) is 19.9 Å². The van der Waals surface area contributed by atoms with Crippen molar-refractivity contribution in [2.45, 2.75) is 26.4 Å². The van der Waals surface area contributed by atoms with Gasteiger partial charge in [-0.25, -0.2) is 4.98 Å². The zero-order valence-corrected chi connectivity index (χ0v) is 11.8. The number of rotatable bonds is 6. The van der Waals surface area contributed by atoms with Crippen molar-refractivity contribution in [3.63, 3.8) is 0 Å². The molecular formula is C15H21N3O. The number of benzene rings is 1. The van der Waals surface area contributed by atoms with Crippen LogP contribution in [0.4, 0.5) is 0 Å². The van der Waals surface area contributed by atoms with Crippen molar-refractivity contribution < 1.29 is 4.74 Å². The summed E-state index contributed by atoms with van der Waals surface area (Å²) >= 11 is 0. The fourth-order valence-corrected chi connectivity index (χ4v) is 2.05. The van der Waals surface area contributed by atoms with E-state index in [-0.39, 0.29) is 6.04 Å². The maximum atomic E-state index is 5.66. The lowest BCUT2D eigenvalue weighted by atomic mass is 10.1. The average molecular weight is 259 g/mol. The Balaban J connectivity index is 2.03. The smallest absolute Gasteiger partial charge is 0.124 e. The standard InChI is InChI=1S/C15H21N3O/c1-4-19-14-8-6-5-7-13(14)12(2)17-11-15-16-9-10-18(15)3/h5-10,12,17H,4,11H2,1-3H3. The zero-order valence-electron chi connectivity index (χ0n) is 11.8. The number of hydrogen-bond acceptors (Lipinski definition) is 3. The van der Waals surface area contributed by atoms with Crippen LogP contribution < -0.4 is 10.1 Å². The molecular weight excluding hydrogens is 238 g/mol. The maximum Gasteiger partial charge on any atom is 0.124 e. The Hall–Kier alpha value is -1.81. The van der Waals surface area contributed by atoms with Gasteiger partial charge in [0.05, 0.1) is 13.2 Å². The maximum absolute atomic E-state index is 5.66. The molecule has 1 aromatic heterocycles. The minimum atomic E-state index is 0.222. The zero-order chi connectivity index (χ0) is 13.7. The highest BCUT2D eigenvalue weighted by molar-refractivity contribution is 5.35. The molecule has 1 aromatic carbocycles. The van der Waals surface area contributed by atoms with E-state index in [1.54, 1.807) is 0 Å². The van der Waals surface area contributed by atoms with Crippen molar-refractivity contribution in [1.82, 2.24) is 14.9 Å². The lowest BCUT2D eigenvalue weighted by molar-refractivity contribution is 0.332. The predicted molar refractivity (Wildman–Crippen MR) is 76.1 cm³/mol. The van der Waals surface area contributed by atoms with E-state index >= 15 is 0 Å². The highest BCUT2D eigenvalue weighted by Crippen LogP contribution is 2.24. The van der Waals surface area contributed by atoms with Crippen LogP contribution in [0.3, 0.4) is 0 Å². The Morgan fingerprint density at radius 2 is 2.16 bits per heavy atom. The van der Waals surface area contributed by atoms with Crippen molar-refractivity contribution in [2.24, 2.45) is 7.05 Å². The monoisotopic (exact) mass is 259 g/mol. The lowest BCUT2D eigenvalue weighted by Gasteiger charge is -2.17. The number of para-hydroxylation sites is 1. The van der Waals surface area contributed by atoms with E-state index in [2.05, 4.69) is 23.3 Å². The molecule has 2 aromatic rings. The fraction of sp³-hybridized carbons (Fsp3) is 0.400. The van der Waals surface area contributed by atoms with Gasteiger partial charge in [0.25, 0.3) is 0 Å². The van der Waals surface area contributed by atoms with Gasteiger partial charge in [0.2, 0.25) is 0 Å². The molecule has 0 saturated heterocycles. The molecule has 0 amide bonds. The topological polar surface area (TPSA) is 39.1 Å². The van der Waals surface area contributed by atoms with Gasteiger partial charge in [-0.1, -0.05) is 18.2 Å². The number of hydrogen-bond donors (Lipinski definition) is 1. The predicted octanol–water partition coefficient (Wildman–Crippen LogP) is 2.67. The Morgan fingerprint density at radius 3 is 2.84 bits per heavy atom. The second kappa shape index (κ2) is 6.38. The van der Waals surface area contributed by atoms with Crippen LogP contribution in [0.5, 0.6) is 5.75 Å². The van der Waals surface area contributed by atoms with Gasteiger partial charge in [0.1, 0.15) is 11.6 Å². The van der Waals surface area contributed by atoms with E-state index in [1.807, 2.05) is 49.1 Å². The quantitative estimate of drug-likeness (QED) is 0.867. The van der Waals surface area contributed by atoms with Crippen LogP contribution >= 0.6 is 0 Å². The number of imidazole rings is 1. The Kier molecular flexibility index (Phi) is 4.58. The van der Waals surface area contributed by atoms with Gasteiger partial charge in [-0.15, -0.1) is 0 Å². The minimum absolute atomic E-state index is 0.222. The van der Waals surface area contributed by atoms with Gasteiger partial charge in [-0.3, -0.25) is 0 Å². The van der Waals surface area contributed by atoms with Crippen molar-refractivity contribution in [1.29, 1.82) is 0 Å². The first-order chi connectivity index (χ1) is 9.22. The average Bonchev–Trinajstić information content (AvgIpc) is 2.82. The third kappa shape index (κ3) is 3.35. The number of nitrogens with one attached hydrogen (secondary N) is 1. The SMILES string of the molecule is CCOc1ccccc1C(C)NCc1nccn1C. The molecule has 1 unspecified atom stereocenters. The van der Waals surface area contributed by atoms with Crippen LogP contribution in [0.15, 0.2) is 36.7 Å². The third-order valence-electron chi connectivity index (χ3n) is 3.17. The second-order valence-corrected chi connectivity index (χ2v) is 4.53. The summed E-state index contributed by atoms with van der Waals surface area (Å²) in [5.74, 6) is 1.98. The fourth-order valence-electron chi connectivity index (χ4n) is 2.05. The van der Waals surface area contributed by atoms with E-state index in [1.165, 1.54) is 5.56 Å². The van der Waals surface area contributed by atoms with Gasteiger partial charge >= 0.3 is 0 Å². The first-order valence-electron chi connectivity index (χ1n) is 6.63. The van der Waals surface area contributed by atoms with Gasteiger partial charge in [-0.2, -0.15) is 0 Å². The molecule has 2 rings (SSSR count). The normalized spacial score (nSPS) is 12.4. The molecule has 0 radical (unpaired) electrons. The second-order valence-electron chi connectivity index (χ2n) is 4.53. The Morgan fingerprint density at radius 1 is 1.37 bits per heavy atom. The van der Waals surface area contributed by atoms with Crippen LogP contribution in [0.1, 0.15) is 31.3 Å². The summed E-state index contributed by atoms with van der Waals surface area (Å²) in [5, 5.41) is 3.48. The summed E-state index contributed by atoms with van der Waals surface area (Å²) < 4.78 is 7.68. The number of ether oxygens (including phenoxy) is 1. The molecule has 0 bridgehead atoms. The molecule has 0 fully saturated rings. The van der Waals surface area contributed by atoms with Crippen LogP contribution in [0.25, 0.3) is 0 Å². The van der Waals surface area contributed by atoms with Crippen LogP contribution in [-0.4, -0.2) is 16.2 Å². The number of aryl methyl sites for hydroxylation is 1.